The number of carbonyl (C=O) groups excluding carboxylic acids is 2. The van der Waals surface area contributed by atoms with Crippen molar-refractivity contribution >= 4 is 23.2 Å². The molecule has 0 saturated heterocycles. The number of carbonyl (C=O) groups is 2. The third kappa shape index (κ3) is 4.04. The van der Waals surface area contributed by atoms with Gasteiger partial charge in [0, 0.05) is 42.5 Å². The maximum Gasteiger partial charge on any atom is 0.231 e. The molecule has 30 heavy (non-hydrogen) atoms. The Bertz CT molecular complexity index is 1000. The Morgan fingerprint density at radius 3 is 2.77 bits per heavy atom. The van der Waals surface area contributed by atoms with Gasteiger partial charge in [0.1, 0.15) is 5.75 Å². The number of aliphatic hydroxyl groups is 1. The number of phenolic OH excluding ortho intramolecular Hbond substituents is 1. The van der Waals surface area contributed by atoms with Gasteiger partial charge in [-0.05, 0) is 49.1 Å². The molecule has 0 aromatic heterocycles. The van der Waals surface area contributed by atoms with Gasteiger partial charge in [-0.15, -0.1) is 0 Å². The molecule has 1 atom stereocenters. The van der Waals surface area contributed by atoms with Crippen LogP contribution in [0.25, 0.3) is 0 Å². The molecule has 0 radical (unpaired) electrons. The van der Waals surface area contributed by atoms with E-state index in [-0.39, 0.29) is 24.1 Å². The highest BCUT2D eigenvalue weighted by molar-refractivity contribution is 6.01. The van der Waals surface area contributed by atoms with Gasteiger partial charge in [0.05, 0.1) is 12.5 Å². The van der Waals surface area contributed by atoms with Crippen LogP contribution in [0.1, 0.15) is 43.1 Å². The summed E-state index contributed by atoms with van der Waals surface area (Å²) < 4.78 is 0. The Kier molecular flexibility index (Phi) is 5.26. The molecule has 2 heterocycles. The SMILES string of the molecule is CC(C)(CN1C(=O)Cc2ccccc21)NCC(O)c1cc(O)cc2c1CCC(=O)N2. The van der Waals surface area contributed by atoms with Crippen molar-refractivity contribution in [3.8, 4) is 5.75 Å². The minimum absolute atomic E-state index is 0.00327. The summed E-state index contributed by atoms with van der Waals surface area (Å²) in [7, 11) is 0. The molecule has 0 fully saturated rings. The van der Waals surface area contributed by atoms with Crippen LogP contribution in [0, 0.1) is 0 Å². The van der Waals surface area contributed by atoms with Gasteiger partial charge in [0.25, 0.3) is 0 Å². The zero-order chi connectivity index (χ0) is 21.5. The van der Waals surface area contributed by atoms with E-state index in [9.17, 15) is 19.8 Å². The van der Waals surface area contributed by atoms with Gasteiger partial charge in [-0.3, -0.25) is 9.59 Å². The van der Waals surface area contributed by atoms with Crippen molar-refractivity contribution in [2.45, 2.75) is 44.8 Å². The summed E-state index contributed by atoms with van der Waals surface area (Å²) in [5.74, 6) is -0.0173. The van der Waals surface area contributed by atoms with Gasteiger partial charge in [0.15, 0.2) is 0 Å². The summed E-state index contributed by atoms with van der Waals surface area (Å²) in [6.45, 7) is 4.71. The first-order valence-electron chi connectivity index (χ1n) is 10.2. The highest BCUT2D eigenvalue weighted by atomic mass is 16.3. The summed E-state index contributed by atoms with van der Waals surface area (Å²) >= 11 is 0. The molecule has 0 spiro atoms. The lowest BCUT2D eigenvalue weighted by Crippen LogP contribution is -2.51. The Morgan fingerprint density at radius 1 is 1.20 bits per heavy atom. The molecule has 2 aromatic rings. The number of aliphatic hydroxyl groups excluding tert-OH is 1. The first kappa shape index (κ1) is 20.4. The number of rotatable bonds is 6. The van der Waals surface area contributed by atoms with E-state index in [2.05, 4.69) is 10.6 Å². The second-order valence-electron chi connectivity index (χ2n) is 8.68. The van der Waals surface area contributed by atoms with Gasteiger partial charge in [-0.25, -0.2) is 0 Å². The molecular weight excluding hydrogens is 382 g/mol. The minimum Gasteiger partial charge on any atom is -0.508 e. The van der Waals surface area contributed by atoms with E-state index in [1.807, 2.05) is 38.1 Å². The largest absolute Gasteiger partial charge is 0.508 e. The molecule has 4 rings (SSSR count). The summed E-state index contributed by atoms with van der Waals surface area (Å²) in [5.41, 5.74) is 3.54. The summed E-state index contributed by atoms with van der Waals surface area (Å²) in [5, 5.41) is 27.0. The van der Waals surface area contributed by atoms with Crippen LogP contribution in [0.4, 0.5) is 11.4 Å². The van der Waals surface area contributed by atoms with E-state index in [0.29, 0.717) is 37.1 Å². The number of hydrogen-bond acceptors (Lipinski definition) is 5. The van der Waals surface area contributed by atoms with Crippen LogP contribution in [-0.2, 0) is 22.4 Å². The molecule has 158 valence electrons. The van der Waals surface area contributed by atoms with Crippen LogP contribution in [0.3, 0.4) is 0 Å². The number of amides is 2. The van der Waals surface area contributed by atoms with Crippen molar-refractivity contribution in [1.29, 1.82) is 0 Å². The standard InChI is InChI=1S/C23H27N3O4/c1-23(2,13-26-19-6-4-3-5-14(19)9-22(26)30)24-12-20(28)17-10-15(27)11-18-16(17)7-8-21(29)25-18/h3-6,10-11,20,24,27-28H,7-9,12-13H2,1-2H3,(H,25,29). The van der Waals surface area contributed by atoms with Crippen LogP contribution in [-0.4, -0.2) is 40.7 Å². The van der Waals surface area contributed by atoms with E-state index in [1.165, 1.54) is 6.07 Å². The molecule has 2 amide bonds. The fourth-order valence-electron chi connectivity index (χ4n) is 4.24. The number of β-amino-alcohol motifs (C(OH)–C–C–N with tert-alkyl or cyclic N) is 1. The average Bonchev–Trinajstić information content (AvgIpc) is 3.00. The molecule has 2 aliphatic rings. The van der Waals surface area contributed by atoms with Crippen LogP contribution in [0.15, 0.2) is 36.4 Å². The third-order valence-electron chi connectivity index (χ3n) is 5.76. The lowest BCUT2D eigenvalue weighted by atomic mass is 9.93. The molecule has 4 N–H and O–H groups in total. The second-order valence-corrected chi connectivity index (χ2v) is 8.68. The predicted octanol–water partition coefficient (Wildman–Crippen LogP) is 2.27. The first-order valence-corrected chi connectivity index (χ1v) is 10.2. The zero-order valence-electron chi connectivity index (χ0n) is 17.2. The van der Waals surface area contributed by atoms with Crippen molar-refractivity contribution in [1.82, 2.24) is 5.32 Å². The van der Waals surface area contributed by atoms with Gasteiger partial charge in [0.2, 0.25) is 11.8 Å². The number of phenols is 1. The quantitative estimate of drug-likeness (QED) is 0.586. The van der Waals surface area contributed by atoms with Gasteiger partial charge < -0.3 is 25.7 Å². The van der Waals surface area contributed by atoms with E-state index in [1.54, 1.807) is 11.0 Å². The molecule has 1 unspecified atom stereocenters. The first-order chi connectivity index (χ1) is 14.2. The fourth-order valence-corrected chi connectivity index (χ4v) is 4.24. The molecule has 0 bridgehead atoms. The van der Waals surface area contributed by atoms with Gasteiger partial charge in [-0.2, -0.15) is 0 Å². The number of benzene rings is 2. The van der Waals surface area contributed by atoms with Crippen molar-refractivity contribution in [3.05, 3.63) is 53.1 Å². The number of hydrogen-bond donors (Lipinski definition) is 4. The molecule has 2 aliphatic heterocycles. The van der Waals surface area contributed by atoms with E-state index >= 15 is 0 Å². The molecule has 7 heteroatoms. The lowest BCUT2D eigenvalue weighted by molar-refractivity contribution is -0.118. The monoisotopic (exact) mass is 409 g/mol. The number of nitrogens with zero attached hydrogens (tertiary/aromatic N) is 1. The summed E-state index contributed by atoms with van der Waals surface area (Å²) in [4.78, 5) is 25.9. The fraction of sp³-hybridized carbons (Fsp3) is 0.391. The van der Waals surface area contributed by atoms with Crippen LogP contribution in [0.5, 0.6) is 5.75 Å². The molecular formula is C23H27N3O4. The molecule has 2 aromatic carbocycles. The Labute approximate surface area is 175 Å². The second kappa shape index (κ2) is 7.74. The van der Waals surface area contributed by atoms with Gasteiger partial charge >= 0.3 is 0 Å². The number of aromatic hydroxyl groups is 1. The van der Waals surface area contributed by atoms with E-state index < -0.39 is 11.6 Å². The smallest absolute Gasteiger partial charge is 0.231 e. The van der Waals surface area contributed by atoms with E-state index in [4.69, 9.17) is 0 Å². The van der Waals surface area contributed by atoms with Gasteiger partial charge in [-0.1, -0.05) is 18.2 Å². The number of nitrogens with one attached hydrogen (secondary N) is 2. The van der Waals surface area contributed by atoms with Crippen molar-refractivity contribution in [2.24, 2.45) is 0 Å². The van der Waals surface area contributed by atoms with Crippen molar-refractivity contribution in [2.75, 3.05) is 23.3 Å². The average molecular weight is 409 g/mol. The number of anilines is 2. The predicted molar refractivity (Wildman–Crippen MR) is 115 cm³/mol. The van der Waals surface area contributed by atoms with Crippen molar-refractivity contribution in [3.63, 3.8) is 0 Å². The topological polar surface area (TPSA) is 102 Å². The zero-order valence-corrected chi connectivity index (χ0v) is 17.2. The minimum atomic E-state index is -0.860. The maximum absolute atomic E-state index is 12.5. The highest BCUT2D eigenvalue weighted by Gasteiger charge is 2.32. The van der Waals surface area contributed by atoms with E-state index in [0.717, 1.165) is 16.8 Å². The summed E-state index contributed by atoms with van der Waals surface area (Å²) in [6, 6.07) is 10.9. The third-order valence-corrected chi connectivity index (χ3v) is 5.76. The molecule has 7 nitrogen and oxygen atoms in total. The van der Waals surface area contributed by atoms with Crippen molar-refractivity contribution < 1.29 is 19.8 Å². The Hall–Kier alpha value is -2.90. The Balaban J connectivity index is 1.46. The van der Waals surface area contributed by atoms with Crippen LogP contribution < -0.4 is 15.5 Å². The highest BCUT2D eigenvalue weighted by Crippen LogP contribution is 2.34. The number of para-hydroxylation sites is 1. The Morgan fingerprint density at radius 2 is 1.97 bits per heavy atom. The number of fused-ring (bicyclic) bond motifs is 2. The lowest BCUT2D eigenvalue weighted by Gasteiger charge is -2.33. The van der Waals surface area contributed by atoms with Crippen LogP contribution >= 0.6 is 0 Å². The van der Waals surface area contributed by atoms with Crippen LogP contribution in [0.2, 0.25) is 0 Å². The molecule has 0 aliphatic carbocycles. The summed E-state index contributed by atoms with van der Waals surface area (Å²) in [6.07, 6.45) is 0.431. The normalized spacial score (nSPS) is 16.8. The molecule has 0 saturated carbocycles. The maximum atomic E-state index is 12.5.